The Bertz CT molecular complexity index is 941. The molecule has 0 aliphatic heterocycles. The summed E-state index contributed by atoms with van der Waals surface area (Å²) >= 11 is 1.28. The van der Waals surface area contributed by atoms with Crippen LogP contribution in [0, 0.1) is 5.82 Å². The van der Waals surface area contributed by atoms with Gasteiger partial charge in [-0.3, -0.25) is 9.48 Å². The molecule has 0 radical (unpaired) electrons. The predicted octanol–water partition coefficient (Wildman–Crippen LogP) is 2.35. The summed E-state index contributed by atoms with van der Waals surface area (Å²) in [6.07, 6.45) is 1.55. The number of ether oxygens (including phenoxy) is 1. The second kappa shape index (κ2) is 7.06. The Morgan fingerprint density at radius 1 is 1.42 bits per heavy atom. The van der Waals surface area contributed by atoms with Crippen LogP contribution in [0.15, 0.2) is 35.5 Å². The van der Waals surface area contributed by atoms with Crippen molar-refractivity contribution in [2.75, 3.05) is 13.2 Å². The van der Waals surface area contributed by atoms with Crippen LogP contribution in [0.2, 0.25) is 0 Å². The molecule has 6 nitrogen and oxygen atoms in total. The van der Waals surface area contributed by atoms with Gasteiger partial charge in [0.2, 0.25) is 0 Å². The summed E-state index contributed by atoms with van der Waals surface area (Å²) in [5, 5.41) is 3.98. The average Bonchev–Trinajstić information content (AvgIpc) is 3.11. The number of rotatable bonds is 5. The fraction of sp³-hybridized carbons (Fsp3) is 0.312. The van der Waals surface area contributed by atoms with Gasteiger partial charge in [0, 0.05) is 26.4 Å². The van der Waals surface area contributed by atoms with E-state index in [1.807, 2.05) is 11.5 Å². The lowest BCUT2D eigenvalue weighted by Crippen LogP contribution is -2.20. The number of carbonyl (C=O) groups is 1. The van der Waals surface area contributed by atoms with E-state index in [4.69, 9.17) is 4.74 Å². The van der Waals surface area contributed by atoms with Gasteiger partial charge in [0.25, 0.3) is 5.91 Å². The van der Waals surface area contributed by atoms with Gasteiger partial charge >= 0.3 is 0 Å². The molecule has 1 amide bonds. The number of benzene rings is 1. The standard InChI is InChI=1S/C16H17FN4O2S/c1-3-23-9-8-21-12-5-4-11(17)10-14(12)24-16(21)19-15(22)13-6-7-18-20(13)2/h4-7,10H,3,8-9H2,1-2H3. The molecule has 3 rings (SSSR count). The fourth-order valence-corrected chi connectivity index (χ4v) is 3.46. The average molecular weight is 348 g/mol. The molecular formula is C16H17FN4O2S. The zero-order chi connectivity index (χ0) is 17.1. The number of thiazole rings is 1. The summed E-state index contributed by atoms with van der Waals surface area (Å²) < 4.78 is 23.0. The van der Waals surface area contributed by atoms with Crippen molar-refractivity contribution in [1.29, 1.82) is 0 Å². The molecule has 2 aromatic heterocycles. The van der Waals surface area contributed by atoms with Crippen molar-refractivity contribution in [3.63, 3.8) is 0 Å². The molecular weight excluding hydrogens is 331 g/mol. The van der Waals surface area contributed by atoms with Crippen LogP contribution in [0.1, 0.15) is 17.4 Å². The maximum Gasteiger partial charge on any atom is 0.297 e. The Kier molecular flexibility index (Phi) is 4.86. The monoisotopic (exact) mass is 348 g/mol. The van der Waals surface area contributed by atoms with E-state index in [2.05, 4.69) is 10.1 Å². The maximum atomic E-state index is 13.5. The molecule has 0 atom stereocenters. The number of nitrogens with zero attached hydrogens (tertiary/aromatic N) is 4. The second-order valence-corrected chi connectivity index (χ2v) is 6.11. The Labute approximate surface area is 141 Å². The third-order valence-electron chi connectivity index (χ3n) is 3.55. The molecule has 0 fully saturated rings. The Morgan fingerprint density at radius 2 is 2.25 bits per heavy atom. The minimum atomic E-state index is -0.382. The van der Waals surface area contributed by atoms with Gasteiger partial charge in [-0.15, -0.1) is 0 Å². The molecule has 126 valence electrons. The normalized spacial score (nSPS) is 12.2. The van der Waals surface area contributed by atoms with E-state index in [1.165, 1.54) is 28.2 Å². The summed E-state index contributed by atoms with van der Waals surface area (Å²) in [7, 11) is 1.69. The Balaban J connectivity index is 2.08. The third kappa shape index (κ3) is 3.29. The predicted molar refractivity (Wildman–Crippen MR) is 89.4 cm³/mol. The van der Waals surface area contributed by atoms with Crippen LogP contribution in [-0.4, -0.2) is 33.5 Å². The first-order valence-electron chi connectivity index (χ1n) is 7.54. The van der Waals surface area contributed by atoms with E-state index in [9.17, 15) is 9.18 Å². The van der Waals surface area contributed by atoms with Gasteiger partial charge in [-0.2, -0.15) is 10.1 Å². The first-order chi connectivity index (χ1) is 11.6. The molecule has 1 aromatic carbocycles. The summed E-state index contributed by atoms with van der Waals surface area (Å²) in [5.74, 6) is -0.697. The minimum absolute atomic E-state index is 0.315. The summed E-state index contributed by atoms with van der Waals surface area (Å²) in [6.45, 7) is 3.56. The van der Waals surface area contributed by atoms with Crippen molar-refractivity contribution in [3.8, 4) is 0 Å². The van der Waals surface area contributed by atoms with E-state index < -0.39 is 0 Å². The maximum absolute atomic E-state index is 13.5. The number of carbonyl (C=O) groups excluding carboxylic acids is 1. The van der Waals surface area contributed by atoms with Crippen molar-refractivity contribution in [2.45, 2.75) is 13.5 Å². The van der Waals surface area contributed by atoms with Crippen LogP contribution in [-0.2, 0) is 18.3 Å². The highest BCUT2D eigenvalue weighted by Crippen LogP contribution is 2.18. The van der Waals surface area contributed by atoms with Gasteiger partial charge in [0.15, 0.2) is 4.80 Å². The summed E-state index contributed by atoms with van der Waals surface area (Å²) in [4.78, 5) is 17.1. The molecule has 0 aliphatic carbocycles. The van der Waals surface area contributed by atoms with Crippen LogP contribution < -0.4 is 4.80 Å². The quantitative estimate of drug-likeness (QED) is 0.665. The zero-order valence-corrected chi connectivity index (χ0v) is 14.2. The number of fused-ring (bicyclic) bond motifs is 1. The van der Waals surface area contributed by atoms with Crippen LogP contribution in [0.4, 0.5) is 4.39 Å². The van der Waals surface area contributed by atoms with Crippen molar-refractivity contribution >= 4 is 27.5 Å². The van der Waals surface area contributed by atoms with Gasteiger partial charge < -0.3 is 9.30 Å². The molecule has 0 saturated heterocycles. The van der Waals surface area contributed by atoms with E-state index in [-0.39, 0.29) is 11.7 Å². The first kappa shape index (κ1) is 16.5. The lowest BCUT2D eigenvalue weighted by molar-refractivity contribution is 0.0987. The molecule has 0 unspecified atom stereocenters. The van der Waals surface area contributed by atoms with E-state index in [0.29, 0.717) is 30.3 Å². The fourth-order valence-electron chi connectivity index (χ4n) is 2.38. The van der Waals surface area contributed by atoms with Crippen LogP contribution in [0.25, 0.3) is 10.2 Å². The molecule has 8 heteroatoms. The Morgan fingerprint density at radius 3 is 2.96 bits per heavy atom. The highest BCUT2D eigenvalue weighted by molar-refractivity contribution is 7.16. The van der Waals surface area contributed by atoms with E-state index >= 15 is 0 Å². The van der Waals surface area contributed by atoms with Crippen LogP contribution in [0.3, 0.4) is 0 Å². The largest absolute Gasteiger partial charge is 0.380 e. The first-order valence-corrected chi connectivity index (χ1v) is 8.35. The number of aryl methyl sites for hydroxylation is 1. The smallest absolute Gasteiger partial charge is 0.297 e. The van der Waals surface area contributed by atoms with Crippen molar-refractivity contribution < 1.29 is 13.9 Å². The lowest BCUT2D eigenvalue weighted by Gasteiger charge is -2.05. The van der Waals surface area contributed by atoms with Gasteiger partial charge in [-0.25, -0.2) is 4.39 Å². The number of amides is 1. The lowest BCUT2D eigenvalue weighted by atomic mass is 10.3. The van der Waals surface area contributed by atoms with Gasteiger partial charge in [-0.1, -0.05) is 11.3 Å². The number of hydrogen-bond donors (Lipinski definition) is 0. The third-order valence-corrected chi connectivity index (χ3v) is 4.59. The molecule has 3 aromatic rings. The molecule has 24 heavy (non-hydrogen) atoms. The van der Waals surface area contributed by atoms with Crippen LogP contribution >= 0.6 is 11.3 Å². The van der Waals surface area contributed by atoms with Gasteiger partial charge in [0.1, 0.15) is 11.5 Å². The molecule has 0 N–H and O–H groups in total. The van der Waals surface area contributed by atoms with Crippen molar-refractivity contribution in [3.05, 3.63) is 46.8 Å². The molecule has 0 bridgehead atoms. The molecule has 2 heterocycles. The molecule has 0 saturated carbocycles. The van der Waals surface area contributed by atoms with Crippen LogP contribution in [0.5, 0.6) is 0 Å². The van der Waals surface area contributed by atoms with Gasteiger partial charge in [0.05, 0.1) is 16.8 Å². The molecule has 0 spiro atoms. The summed E-state index contributed by atoms with van der Waals surface area (Å²) in [5.41, 5.74) is 1.23. The van der Waals surface area contributed by atoms with Crippen molar-refractivity contribution in [1.82, 2.24) is 14.3 Å². The van der Waals surface area contributed by atoms with E-state index in [1.54, 1.807) is 25.4 Å². The highest BCUT2D eigenvalue weighted by Gasteiger charge is 2.12. The number of hydrogen-bond acceptors (Lipinski definition) is 4. The molecule has 0 aliphatic rings. The van der Waals surface area contributed by atoms with Gasteiger partial charge in [-0.05, 0) is 31.2 Å². The van der Waals surface area contributed by atoms with Crippen molar-refractivity contribution in [2.24, 2.45) is 12.0 Å². The SMILES string of the molecule is CCOCCn1c(=NC(=O)c2ccnn2C)sc2cc(F)ccc21. The zero-order valence-electron chi connectivity index (χ0n) is 13.4. The topological polar surface area (TPSA) is 61.4 Å². The Hall–Kier alpha value is -2.32. The number of aromatic nitrogens is 3. The van der Waals surface area contributed by atoms with E-state index in [0.717, 1.165) is 10.2 Å². The second-order valence-electron chi connectivity index (χ2n) is 5.10. The highest BCUT2D eigenvalue weighted by atomic mass is 32.1. The number of halogens is 1. The minimum Gasteiger partial charge on any atom is -0.380 e. The summed E-state index contributed by atoms with van der Waals surface area (Å²) in [6, 6.07) is 6.16.